The Morgan fingerprint density at radius 2 is 2.00 bits per heavy atom. The lowest BCUT2D eigenvalue weighted by molar-refractivity contribution is -0.143. The summed E-state index contributed by atoms with van der Waals surface area (Å²) < 4.78 is 27.3. The molecule has 1 aliphatic heterocycles. The molecule has 6 nitrogen and oxygen atoms in total. The molecule has 8 heteroatoms. The van der Waals surface area contributed by atoms with Gasteiger partial charge >= 0.3 is 5.97 Å². The van der Waals surface area contributed by atoms with Crippen LogP contribution in [0, 0.1) is 0 Å². The van der Waals surface area contributed by atoms with Gasteiger partial charge in [0.2, 0.25) is 0 Å². The van der Waals surface area contributed by atoms with Gasteiger partial charge in [-0.1, -0.05) is 23.7 Å². The van der Waals surface area contributed by atoms with Crippen molar-refractivity contribution in [3.05, 3.63) is 40.9 Å². The summed E-state index contributed by atoms with van der Waals surface area (Å²) in [6.45, 7) is -0.444. The molecular weight excluding hydrogens is 342 g/mol. The molecule has 0 aliphatic carbocycles. The molecule has 1 fully saturated rings. The van der Waals surface area contributed by atoms with Gasteiger partial charge in [0.05, 0.1) is 11.5 Å². The van der Waals surface area contributed by atoms with E-state index in [9.17, 15) is 18.0 Å². The first-order chi connectivity index (χ1) is 10.8. The zero-order valence-corrected chi connectivity index (χ0v) is 13.8. The number of hydrogen-bond donors (Lipinski definition) is 1. The van der Waals surface area contributed by atoms with Gasteiger partial charge in [0.1, 0.15) is 0 Å². The molecule has 1 atom stereocenters. The number of nitrogens with one attached hydrogen (secondary N) is 1. The highest BCUT2D eigenvalue weighted by Crippen LogP contribution is 2.11. The summed E-state index contributed by atoms with van der Waals surface area (Å²) in [5, 5.41) is 3.13. The van der Waals surface area contributed by atoms with E-state index in [1.807, 2.05) is 0 Å². The highest BCUT2D eigenvalue weighted by Gasteiger charge is 2.28. The van der Waals surface area contributed by atoms with E-state index in [2.05, 4.69) is 5.32 Å². The van der Waals surface area contributed by atoms with Crippen molar-refractivity contribution in [2.45, 2.75) is 12.5 Å². The number of hydrogen-bond acceptors (Lipinski definition) is 5. The van der Waals surface area contributed by atoms with E-state index >= 15 is 0 Å². The van der Waals surface area contributed by atoms with E-state index in [4.69, 9.17) is 16.3 Å². The van der Waals surface area contributed by atoms with Crippen LogP contribution in [0.15, 0.2) is 30.3 Å². The smallest absolute Gasteiger partial charge is 0.331 e. The molecule has 0 radical (unpaired) electrons. The van der Waals surface area contributed by atoms with E-state index < -0.39 is 34.4 Å². The van der Waals surface area contributed by atoms with Crippen LogP contribution in [0.4, 0.5) is 0 Å². The average molecular weight is 358 g/mol. The zero-order valence-electron chi connectivity index (χ0n) is 12.2. The highest BCUT2D eigenvalue weighted by atomic mass is 35.5. The van der Waals surface area contributed by atoms with Crippen LogP contribution in [0.1, 0.15) is 12.0 Å². The van der Waals surface area contributed by atoms with E-state index in [0.717, 1.165) is 5.56 Å². The largest absolute Gasteiger partial charge is 0.452 e. The molecule has 1 aromatic carbocycles. The molecule has 2 rings (SSSR count). The fourth-order valence-corrected chi connectivity index (χ4v) is 3.90. The monoisotopic (exact) mass is 357 g/mol. The Morgan fingerprint density at radius 3 is 2.61 bits per heavy atom. The standard InChI is InChI=1S/C15H16ClNO5S/c16-12-4-1-11(2-5-12)3-6-15(19)22-9-14(18)17-13-7-8-23(20,21)10-13/h1-6,13H,7-10H2,(H,17,18)/b6-3+/t13-/m1/s1. The molecule has 1 aromatic rings. The summed E-state index contributed by atoms with van der Waals surface area (Å²) in [6.07, 6.45) is 3.13. The Bertz CT molecular complexity index is 712. The van der Waals surface area contributed by atoms with Crippen LogP contribution < -0.4 is 5.32 Å². The summed E-state index contributed by atoms with van der Waals surface area (Å²) in [7, 11) is -3.06. The van der Waals surface area contributed by atoms with Gasteiger partial charge in [-0.15, -0.1) is 0 Å². The lowest BCUT2D eigenvalue weighted by Gasteiger charge is -2.10. The predicted octanol–water partition coefficient (Wildman–Crippen LogP) is 1.20. The first kappa shape index (κ1) is 17.5. The van der Waals surface area contributed by atoms with E-state index in [1.54, 1.807) is 30.3 Å². The van der Waals surface area contributed by atoms with Gasteiger partial charge in [0.25, 0.3) is 5.91 Å². The zero-order chi connectivity index (χ0) is 16.9. The topological polar surface area (TPSA) is 89.5 Å². The third-order valence-corrected chi connectivity index (χ3v) is 5.24. The second-order valence-electron chi connectivity index (χ2n) is 5.16. The van der Waals surface area contributed by atoms with Crippen LogP contribution in [0.25, 0.3) is 6.08 Å². The minimum atomic E-state index is -3.06. The number of sulfone groups is 1. The first-order valence-electron chi connectivity index (χ1n) is 6.94. The molecule has 0 aromatic heterocycles. The van der Waals surface area contributed by atoms with Crippen molar-refractivity contribution in [2.75, 3.05) is 18.1 Å². The van der Waals surface area contributed by atoms with Crippen molar-refractivity contribution in [2.24, 2.45) is 0 Å². The number of halogens is 1. The fraction of sp³-hybridized carbons (Fsp3) is 0.333. The summed E-state index contributed by atoms with van der Waals surface area (Å²) >= 11 is 5.75. The molecule has 1 heterocycles. The highest BCUT2D eigenvalue weighted by molar-refractivity contribution is 7.91. The second kappa shape index (κ2) is 7.61. The summed E-state index contributed by atoms with van der Waals surface area (Å²) in [6, 6.07) is 6.44. The minimum Gasteiger partial charge on any atom is -0.452 e. The number of ether oxygens (including phenoxy) is 1. The molecule has 1 aliphatic rings. The minimum absolute atomic E-state index is 0.0663. The molecule has 0 bridgehead atoms. The van der Waals surface area contributed by atoms with Crippen LogP contribution in [-0.2, 0) is 24.2 Å². The van der Waals surface area contributed by atoms with Crippen molar-refractivity contribution >= 4 is 39.4 Å². The number of rotatable bonds is 5. The van der Waals surface area contributed by atoms with Crippen molar-refractivity contribution in [3.63, 3.8) is 0 Å². The van der Waals surface area contributed by atoms with Gasteiger partial charge in [0, 0.05) is 17.1 Å². The summed E-state index contributed by atoms with van der Waals surface area (Å²) in [5.41, 5.74) is 0.770. The van der Waals surface area contributed by atoms with E-state index in [-0.39, 0.29) is 11.5 Å². The summed E-state index contributed by atoms with van der Waals surface area (Å²) in [4.78, 5) is 23.1. The SMILES string of the molecule is O=C(COC(=O)/C=C/c1ccc(Cl)cc1)N[C@@H]1CCS(=O)(=O)C1. The van der Waals surface area contributed by atoms with Crippen LogP contribution in [0.5, 0.6) is 0 Å². The van der Waals surface area contributed by atoms with Crippen LogP contribution >= 0.6 is 11.6 Å². The van der Waals surface area contributed by atoms with Gasteiger partial charge in [-0.25, -0.2) is 13.2 Å². The van der Waals surface area contributed by atoms with Crippen LogP contribution in [0.2, 0.25) is 5.02 Å². The average Bonchev–Trinajstić information content (AvgIpc) is 2.83. The molecule has 0 unspecified atom stereocenters. The maximum atomic E-state index is 11.6. The van der Waals surface area contributed by atoms with Gasteiger partial charge in [-0.3, -0.25) is 4.79 Å². The second-order valence-corrected chi connectivity index (χ2v) is 7.83. The quantitative estimate of drug-likeness (QED) is 0.631. The fourth-order valence-electron chi connectivity index (χ4n) is 2.10. The lowest BCUT2D eigenvalue weighted by Crippen LogP contribution is -2.38. The van der Waals surface area contributed by atoms with Gasteiger partial charge in [0.15, 0.2) is 16.4 Å². The Morgan fingerprint density at radius 1 is 1.30 bits per heavy atom. The van der Waals surface area contributed by atoms with E-state index in [1.165, 1.54) is 6.08 Å². The van der Waals surface area contributed by atoms with Gasteiger partial charge < -0.3 is 10.1 Å². The Hall–Kier alpha value is -1.86. The maximum absolute atomic E-state index is 11.6. The number of amides is 1. The molecule has 23 heavy (non-hydrogen) atoms. The molecule has 124 valence electrons. The van der Waals surface area contributed by atoms with Crippen molar-refractivity contribution in [1.82, 2.24) is 5.32 Å². The van der Waals surface area contributed by atoms with Crippen molar-refractivity contribution in [1.29, 1.82) is 0 Å². The third-order valence-electron chi connectivity index (χ3n) is 3.22. The third kappa shape index (κ3) is 6.03. The summed E-state index contributed by atoms with van der Waals surface area (Å²) in [5.74, 6) is -1.17. The molecule has 0 saturated carbocycles. The molecular formula is C15H16ClNO5S. The normalized spacial score (nSPS) is 19.6. The molecule has 0 spiro atoms. The van der Waals surface area contributed by atoms with Crippen LogP contribution in [-0.4, -0.2) is 44.4 Å². The Kier molecular flexibility index (Phi) is 5.79. The van der Waals surface area contributed by atoms with Crippen molar-refractivity contribution < 1.29 is 22.7 Å². The molecule has 1 N–H and O–H groups in total. The number of carbonyl (C=O) groups is 2. The first-order valence-corrected chi connectivity index (χ1v) is 9.14. The van der Waals surface area contributed by atoms with Crippen molar-refractivity contribution in [3.8, 4) is 0 Å². The number of esters is 1. The molecule has 1 saturated heterocycles. The van der Waals surface area contributed by atoms with Crippen LogP contribution in [0.3, 0.4) is 0 Å². The maximum Gasteiger partial charge on any atom is 0.331 e. The Balaban J connectivity index is 1.73. The predicted molar refractivity (Wildman–Crippen MR) is 86.6 cm³/mol. The van der Waals surface area contributed by atoms with E-state index in [0.29, 0.717) is 11.4 Å². The number of benzene rings is 1. The van der Waals surface area contributed by atoms with Gasteiger partial charge in [-0.05, 0) is 30.2 Å². The molecule has 1 amide bonds. The lowest BCUT2D eigenvalue weighted by atomic mass is 10.2. The number of carbonyl (C=O) groups excluding carboxylic acids is 2. The Labute approximate surface area is 139 Å². The van der Waals surface area contributed by atoms with Gasteiger partial charge in [-0.2, -0.15) is 0 Å².